The van der Waals surface area contributed by atoms with Crippen LogP contribution in [0.25, 0.3) is 5.57 Å². The monoisotopic (exact) mass is 353 g/mol. The summed E-state index contributed by atoms with van der Waals surface area (Å²) < 4.78 is 11.2. The summed E-state index contributed by atoms with van der Waals surface area (Å²) in [6, 6.07) is 10.6. The molecule has 1 saturated heterocycles. The highest BCUT2D eigenvalue weighted by Crippen LogP contribution is 2.30. The molecule has 0 N–H and O–H groups in total. The van der Waals surface area contributed by atoms with Gasteiger partial charge in [-0.05, 0) is 55.4 Å². The van der Waals surface area contributed by atoms with Crippen LogP contribution in [0.4, 0.5) is 0 Å². The summed E-state index contributed by atoms with van der Waals surface area (Å²) in [6.07, 6.45) is 12.0. The average Bonchev–Trinajstić information content (AvgIpc) is 2.72. The minimum absolute atomic E-state index is 0.646. The Hall–Kier alpha value is -1.84. The highest BCUT2D eigenvalue weighted by atomic mass is 16.5. The van der Waals surface area contributed by atoms with Gasteiger partial charge in [0.15, 0.2) is 0 Å². The number of ether oxygens (including phenoxy) is 2. The minimum Gasteiger partial charge on any atom is -0.378 e. The molecule has 3 heteroatoms. The summed E-state index contributed by atoms with van der Waals surface area (Å²) in [6.45, 7) is 6.99. The van der Waals surface area contributed by atoms with E-state index < -0.39 is 0 Å². The van der Waals surface area contributed by atoms with Crippen molar-refractivity contribution in [3.05, 3.63) is 65.4 Å². The van der Waals surface area contributed by atoms with Gasteiger partial charge in [-0.15, -0.1) is 0 Å². The first-order valence-electron chi connectivity index (χ1n) is 9.95. The average molecular weight is 354 g/mol. The Kier molecular flexibility index (Phi) is 7.53. The molecule has 0 spiro atoms. The quantitative estimate of drug-likeness (QED) is 0.518. The van der Waals surface area contributed by atoms with Gasteiger partial charge < -0.3 is 14.4 Å². The number of rotatable bonds is 7. The lowest BCUT2D eigenvalue weighted by atomic mass is 9.94. The third-order valence-electron chi connectivity index (χ3n) is 5.00. The van der Waals surface area contributed by atoms with Crippen molar-refractivity contribution in [1.82, 2.24) is 4.90 Å². The van der Waals surface area contributed by atoms with Crippen LogP contribution in [-0.4, -0.2) is 44.4 Å². The van der Waals surface area contributed by atoms with Gasteiger partial charge in [-0.1, -0.05) is 42.5 Å². The van der Waals surface area contributed by atoms with Gasteiger partial charge in [0.1, 0.15) is 0 Å². The molecule has 0 unspecified atom stereocenters. The van der Waals surface area contributed by atoms with Crippen molar-refractivity contribution in [1.29, 1.82) is 0 Å². The Morgan fingerprint density at radius 2 is 1.96 bits per heavy atom. The molecule has 26 heavy (non-hydrogen) atoms. The third kappa shape index (κ3) is 5.33. The van der Waals surface area contributed by atoms with Crippen LogP contribution in [0.1, 0.15) is 38.2 Å². The summed E-state index contributed by atoms with van der Waals surface area (Å²) in [5.74, 6) is 0. The van der Waals surface area contributed by atoms with E-state index in [1.807, 2.05) is 6.92 Å². The zero-order chi connectivity index (χ0) is 18.0. The van der Waals surface area contributed by atoms with Gasteiger partial charge in [0.2, 0.25) is 0 Å². The molecule has 3 nitrogen and oxygen atoms in total. The second-order valence-electron chi connectivity index (χ2n) is 6.79. The minimum atomic E-state index is 0.646. The van der Waals surface area contributed by atoms with E-state index in [4.69, 9.17) is 9.47 Å². The molecule has 1 aromatic carbocycles. The van der Waals surface area contributed by atoms with E-state index in [1.165, 1.54) is 48.1 Å². The smallest absolute Gasteiger partial charge is 0.0656 e. The predicted molar refractivity (Wildman–Crippen MR) is 108 cm³/mol. The summed E-state index contributed by atoms with van der Waals surface area (Å²) >= 11 is 0. The van der Waals surface area contributed by atoms with E-state index in [1.54, 1.807) is 0 Å². The molecule has 0 radical (unpaired) electrons. The fourth-order valence-electron chi connectivity index (χ4n) is 3.57. The van der Waals surface area contributed by atoms with Crippen molar-refractivity contribution in [2.45, 2.75) is 32.6 Å². The molecule has 1 aliphatic carbocycles. The van der Waals surface area contributed by atoms with E-state index in [2.05, 4.69) is 53.5 Å². The summed E-state index contributed by atoms with van der Waals surface area (Å²) in [7, 11) is 0. The number of hydrogen-bond acceptors (Lipinski definition) is 3. The van der Waals surface area contributed by atoms with E-state index in [-0.39, 0.29) is 0 Å². The molecular formula is C23H31NO2. The van der Waals surface area contributed by atoms with Crippen LogP contribution in [0, 0.1) is 0 Å². The van der Waals surface area contributed by atoms with Crippen LogP contribution in [0.15, 0.2) is 59.8 Å². The van der Waals surface area contributed by atoms with Crippen LogP contribution in [-0.2, 0) is 9.47 Å². The maximum atomic E-state index is 5.60. The van der Waals surface area contributed by atoms with E-state index >= 15 is 0 Å². The van der Waals surface area contributed by atoms with Crippen molar-refractivity contribution >= 4 is 5.57 Å². The number of allylic oxidation sites excluding steroid dienone is 4. The molecule has 3 rings (SSSR count). The normalized spacial score (nSPS) is 19.4. The lowest BCUT2D eigenvalue weighted by molar-refractivity contribution is 0.0545. The van der Waals surface area contributed by atoms with E-state index in [9.17, 15) is 0 Å². The van der Waals surface area contributed by atoms with Gasteiger partial charge in [0, 0.05) is 25.4 Å². The Labute approximate surface area is 158 Å². The van der Waals surface area contributed by atoms with Crippen LogP contribution in [0.5, 0.6) is 0 Å². The van der Waals surface area contributed by atoms with Gasteiger partial charge in [0.05, 0.1) is 19.8 Å². The van der Waals surface area contributed by atoms with Crippen LogP contribution in [0.2, 0.25) is 0 Å². The third-order valence-corrected chi connectivity index (χ3v) is 5.00. The molecule has 0 amide bonds. The van der Waals surface area contributed by atoms with Gasteiger partial charge in [-0.25, -0.2) is 0 Å². The summed E-state index contributed by atoms with van der Waals surface area (Å²) in [4.78, 5) is 2.50. The Morgan fingerprint density at radius 3 is 2.65 bits per heavy atom. The number of hydrogen-bond donors (Lipinski definition) is 0. The zero-order valence-corrected chi connectivity index (χ0v) is 16.0. The number of morpholine rings is 1. The molecule has 0 bridgehead atoms. The lowest BCUT2D eigenvalue weighted by Gasteiger charge is -2.33. The van der Waals surface area contributed by atoms with Gasteiger partial charge in [-0.3, -0.25) is 0 Å². The second-order valence-corrected chi connectivity index (χ2v) is 6.79. The highest BCUT2D eigenvalue weighted by Gasteiger charge is 2.19. The van der Waals surface area contributed by atoms with Crippen molar-refractivity contribution in [2.75, 3.05) is 39.5 Å². The molecule has 1 aromatic rings. The largest absolute Gasteiger partial charge is 0.378 e. The Balaban J connectivity index is 1.95. The molecule has 0 saturated carbocycles. The zero-order valence-electron chi connectivity index (χ0n) is 16.0. The van der Waals surface area contributed by atoms with E-state index in [0.717, 1.165) is 32.9 Å². The highest BCUT2D eigenvalue weighted by molar-refractivity contribution is 5.75. The molecule has 1 aliphatic heterocycles. The summed E-state index contributed by atoms with van der Waals surface area (Å²) in [5.41, 5.74) is 5.36. The van der Waals surface area contributed by atoms with Crippen LogP contribution >= 0.6 is 0 Å². The van der Waals surface area contributed by atoms with Crippen molar-refractivity contribution in [2.24, 2.45) is 0 Å². The van der Waals surface area contributed by atoms with Gasteiger partial charge in [-0.2, -0.15) is 0 Å². The second kappa shape index (κ2) is 10.3. The Bertz CT molecular complexity index is 639. The molecule has 0 aromatic heterocycles. The fourth-order valence-corrected chi connectivity index (χ4v) is 3.57. The molecule has 2 aliphatic rings. The van der Waals surface area contributed by atoms with Crippen molar-refractivity contribution in [3.8, 4) is 0 Å². The van der Waals surface area contributed by atoms with Crippen molar-refractivity contribution < 1.29 is 9.47 Å². The number of nitrogens with zero attached hydrogens (tertiary/aromatic N) is 1. The van der Waals surface area contributed by atoms with Gasteiger partial charge in [0.25, 0.3) is 0 Å². The molecule has 0 atom stereocenters. The van der Waals surface area contributed by atoms with Crippen LogP contribution in [0.3, 0.4) is 0 Å². The van der Waals surface area contributed by atoms with Gasteiger partial charge >= 0.3 is 0 Å². The standard InChI is InChI=1S/C23H31NO2/c1-2-25-16-13-22(20-9-5-3-6-10-20)19-23(21-11-7-4-8-12-21)24-14-17-26-18-15-24/h3,5-6,9-11,13,19H,2,4,7-8,12,14-18H2,1H3/b22-13-,23-19+. The molecule has 140 valence electrons. The predicted octanol–water partition coefficient (Wildman–Crippen LogP) is 4.82. The maximum Gasteiger partial charge on any atom is 0.0656 e. The summed E-state index contributed by atoms with van der Waals surface area (Å²) in [5, 5.41) is 0. The fraction of sp³-hybridized carbons (Fsp3) is 0.478. The first-order valence-corrected chi connectivity index (χ1v) is 9.95. The molecule has 1 heterocycles. The van der Waals surface area contributed by atoms with Crippen molar-refractivity contribution in [3.63, 3.8) is 0 Å². The number of benzene rings is 1. The molecular weight excluding hydrogens is 322 g/mol. The first-order chi connectivity index (χ1) is 12.9. The van der Waals surface area contributed by atoms with E-state index in [0.29, 0.717) is 6.61 Å². The topological polar surface area (TPSA) is 21.7 Å². The maximum absolute atomic E-state index is 5.60. The first kappa shape index (κ1) is 18.9. The lowest BCUT2D eigenvalue weighted by Crippen LogP contribution is -2.36. The van der Waals surface area contributed by atoms with Crippen LogP contribution < -0.4 is 0 Å². The Morgan fingerprint density at radius 1 is 1.15 bits per heavy atom. The SMILES string of the molecule is CCOC/C=C(/C=C(\C1=CCCCC1)N1CCOCC1)c1ccccc1. The molecule has 1 fully saturated rings.